The summed E-state index contributed by atoms with van der Waals surface area (Å²) in [7, 11) is 2.02. The van der Waals surface area contributed by atoms with Crippen LogP contribution in [0.2, 0.25) is 0 Å². The lowest BCUT2D eigenvalue weighted by atomic mass is 9.89. The molecule has 1 aromatic carbocycles. The predicted octanol–water partition coefficient (Wildman–Crippen LogP) is 4.22. The second kappa shape index (κ2) is 9.57. The molecule has 0 saturated heterocycles. The molecule has 2 N–H and O–H groups in total. The average molecular weight is 510 g/mol. The van der Waals surface area contributed by atoms with Crippen molar-refractivity contribution in [3.63, 3.8) is 0 Å². The summed E-state index contributed by atoms with van der Waals surface area (Å²) in [5, 5.41) is 18.9. The first-order valence-electron chi connectivity index (χ1n) is 13.0. The number of nitrogens with one attached hydrogen (secondary N) is 1. The molecule has 194 valence electrons. The van der Waals surface area contributed by atoms with E-state index in [0.29, 0.717) is 24.3 Å². The number of nitrogens with zero attached hydrogens (tertiary/aromatic N) is 6. The molecular formula is C29H31N7O2. The second-order valence-corrected chi connectivity index (χ2v) is 10.3. The van der Waals surface area contributed by atoms with Gasteiger partial charge in [0.1, 0.15) is 5.65 Å². The van der Waals surface area contributed by atoms with Gasteiger partial charge in [-0.1, -0.05) is 30.3 Å². The number of fused-ring (bicyclic) bond motifs is 2. The van der Waals surface area contributed by atoms with Gasteiger partial charge in [-0.2, -0.15) is 5.10 Å². The topological polar surface area (TPSA) is 101 Å². The van der Waals surface area contributed by atoms with Gasteiger partial charge in [0, 0.05) is 43.0 Å². The third-order valence-electron chi connectivity index (χ3n) is 7.33. The zero-order valence-corrected chi connectivity index (χ0v) is 21.7. The fraction of sp³-hybridized carbons (Fsp3) is 0.310. The smallest absolute Gasteiger partial charge is 0.271 e. The van der Waals surface area contributed by atoms with Gasteiger partial charge in [0.15, 0.2) is 11.3 Å². The lowest BCUT2D eigenvalue weighted by Crippen LogP contribution is -2.50. The quantitative estimate of drug-likeness (QED) is 0.341. The number of benzene rings is 1. The van der Waals surface area contributed by atoms with Crippen LogP contribution in [0, 0.1) is 0 Å². The van der Waals surface area contributed by atoms with Gasteiger partial charge in [0.2, 0.25) is 0 Å². The standard InChI is InChI=1S/C29H31N7O2/c1-18(2)35-17-21(20-10-7-13-30-27(20)35)23-14-24(34(3)16-19-8-5-4-6-9-19)28-31-15-25(36(28)33-23)29(38)32-22-11-12-26(22)37/h4-10,13-15,17-18,22,26,37H,11-12,16H2,1-3H3,(H,32,38)/t22-,26+/m0/s1. The van der Waals surface area contributed by atoms with Crippen molar-refractivity contribution in [3.8, 4) is 11.3 Å². The predicted molar refractivity (Wildman–Crippen MR) is 147 cm³/mol. The maximum atomic E-state index is 13.2. The molecule has 9 heteroatoms. The van der Waals surface area contributed by atoms with Crippen molar-refractivity contribution in [1.29, 1.82) is 0 Å². The first kappa shape index (κ1) is 24.1. The molecule has 4 heterocycles. The van der Waals surface area contributed by atoms with E-state index in [4.69, 9.17) is 5.10 Å². The first-order chi connectivity index (χ1) is 18.4. The van der Waals surface area contributed by atoms with Crippen LogP contribution in [0.25, 0.3) is 27.9 Å². The van der Waals surface area contributed by atoms with Gasteiger partial charge in [-0.3, -0.25) is 4.79 Å². The number of pyridine rings is 1. The number of carbonyl (C=O) groups excluding carboxylic acids is 1. The summed E-state index contributed by atoms with van der Waals surface area (Å²) in [4.78, 5) is 24.6. The number of hydrogen-bond acceptors (Lipinski definition) is 6. The van der Waals surface area contributed by atoms with E-state index >= 15 is 0 Å². The monoisotopic (exact) mass is 509 g/mol. The lowest BCUT2D eigenvalue weighted by Gasteiger charge is -2.32. The van der Waals surface area contributed by atoms with Crippen LogP contribution in [0.1, 0.15) is 48.8 Å². The second-order valence-electron chi connectivity index (χ2n) is 10.3. The summed E-state index contributed by atoms with van der Waals surface area (Å²) < 4.78 is 3.77. The molecule has 0 unspecified atom stereocenters. The number of amides is 1. The van der Waals surface area contributed by atoms with Gasteiger partial charge in [-0.25, -0.2) is 14.5 Å². The van der Waals surface area contributed by atoms with Crippen LogP contribution in [-0.2, 0) is 6.54 Å². The van der Waals surface area contributed by atoms with E-state index in [1.165, 1.54) is 0 Å². The molecule has 1 aliphatic carbocycles. The zero-order chi connectivity index (χ0) is 26.4. The van der Waals surface area contributed by atoms with E-state index in [2.05, 4.69) is 63.0 Å². The Morgan fingerprint density at radius 2 is 1.95 bits per heavy atom. The Balaban J connectivity index is 1.50. The molecule has 1 fully saturated rings. The van der Waals surface area contributed by atoms with Gasteiger partial charge in [-0.15, -0.1) is 0 Å². The molecule has 2 atom stereocenters. The summed E-state index contributed by atoms with van der Waals surface area (Å²) in [5.74, 6) is -0.297. The molecule has 1 aliphatic rings. The van der Waals surface area contributed by atoms with E-state index < -0.39 is 6.10 Å². The average Bonchev–Trinajstić information content (AvgIpc) is 3.53. The number of aromatic nitrogens is 5. The van der Waals surface area contributed by atoms with E-state index in [0.717, 1.165) is 40.0 Å². The number of hydrogen-bond donors (Lipinski definition) is 2. The molecule has 1 saturated carbocycles. The summed E-state index contributed by atoms with van der Waals surface area (Å²) in [6.07, 6.45) is 6.39. The molecule has 0 bridgehead atoms. The molecule has 0 spiro atoms. The third-order valence-corrected chi connectivity index (χ3v) is 7.33. The highest BCUT2D eigenvalue weighted by Crippen LogP contribution is 2.34. The summed E-state index contributed by atoms with van der Waals surface area (Å²) >= 11 is 0. The Hall–Kier alpha value is -4.24. The highest BCUT2D eigenvalue weighted by atomic mass is 16.3. The molecule has 9 nitrogen and oxygen atoms in total. The number of rotatable bonds is 7. The van der Waals surface area contributed by atoms with E-state index in [-0.39, 0.29) is 18.0 Å². The molecule has 5 aromatic rings. The fourth-order valence-corrected chi connectivity index (χ4v) is 5.04. The molecule has 0 radical (unpaired) electrons. The van der Waals surface area contributed by atoms with E-state index in [1.807, 2.05) is 37.4 Å². The minimum Gasteiger partial charge on any atom is -0.391 e. The summed E-state index contributed by atoms with van der Waals surface area (Å²) in [6, 6.07) is 16.2. The van der Waals surface area contributed by atoms with Crippen molar-refractivity contribution >= 4 is 28.3 Å². The largest absolute Gasteiger partial charge is 0.391 e. The highest BCUT2D eigenvalue weighted by Gasteiger charge is 2.31. The molecule has 0 aliphatic heterocycles. The Morgan fingerprint density at radius 1 is 1.13 bits per heavy atom. The van der Waals surface area contributed by atoms with Crippen LogP contribution in [0.3, 0.4) is 0 Å². The van der Waals surface area contributed by atoms with Crippen LogP contribution in [0.4, 0.5) is 5.69 Å². The minimum atomic E-state index is -0.510. The molecule has 4 aromatic heterocycles. The lowest BCUT2D eigenvalue weighted by molar-refractivity contribution is 0.0445. The van der Waals surface area contributed by atoms with Crippen LogP contribution in [0.5, 0.6) is 0 Å². The van der Waals surface area contributed by atoms with Crippen LogP contribution in [-0.4, -0.2) is 54.4 Å². The molecular weight excluding hydrogens is 478 g/mol. The maximum absolute atomic E-state index is 13.2. The van der Waals surface area contributed by atoms with Crippen molar-refractivity contribution in [2.24, 2.45) is 0 Å². The van der Waals surface area contributed by atoms with E-state index in [9.17, 15) is 9.90 Å². The van der Waals surface area contributed by atoms with Gasteiger partial charge in [0.25, 0.3) is 5.91 Å². The Morgan fingerprint density at radius 3 is 2.66 bits per heavy atom. The van der Waals surface area contributed by atoms with Crippen molar-refractivity contribution in [3.05, 3.63) is 78.4 Å². The third kappa shape index (κ3) is 4.18. The normalized spacial score (nSPS) is 17.2. The van der Waals surface area contributed by atoms with Crippen molar-refractivity contribution in [1.82, 2.24) is 29.5 Å². The van der Waals surface area contributed by atoms with Gasteiger partial charge >= 0.3 is 0 Å². The molecule has 6 rings (SSSR count). The zero-order valence-electron chi connectivity index (χ0n) is 21.7. The minimum absolute atomic E-state index is 0.216. The van der Waals surface area contributed by atoms with Gasteiger partial charge in [-0.05, 0) is 50.5 Å². The molecule has 38 heavy (non-hydrogen) atoms. The number of aliphatic hydroxyl groups is 1. The summed E-state index contributed by atoms with van der Waals surface area (Å²) in [6.45, 7) is 4.92. The fourth-order valence-electron chi connectivity index (χ4n) is 5.04. The Bertz CT molecular complexity index is 1620. The first-order valence-corrected chi connectivity index (χ1v) is 13.0. The van der Waals surface area contributed by atoms with Crippen LogP contribution >= 0.6 is 0 Å². The van der Waals surface area contributed by atoms with Gasteiger partial charge < -0.3 is 19.9 Å². The van der Waals surface area contributed by atoms with Crippen LogP contribution < -0.4 is 10.2 Å². The number of carbonyl (C=O) groups is 1. The Labute approximate surface area is 220 Å². The Kier molecular flexibility index (Phi) is 6.07. The van der Waals surface area contributed by atoms with Crippen molar-refractivity contribution < 1.29 is 9.90 Å². The maximum Gasteiger partial charge on any atom is 0.271 e. The SMILES string of the molecule is CC(C)n1cc(-c2cc(N(C)Cc3ccccc3)c3ncc(C(=O)N[C@H]4CC[C@H]4O)n3n2)c2cccnc21. The van der Waals surface area contributed by atoms with E-state index in [1.54, 1.807) is 16.9 Å². The number of aliphatic hydroxyl groups excluding tert-OH is 1. The highest BCUT2D eigenvalue weighted by molar-refractivity contribution is 5.96. The summed E-state index contributed by atoms with van der Waals surface area (Å²) in [5.41, 5.74) is 5.50. The number of imidazole rings is 1. The number of anilines is 1. The van der Waals surface area contributed by atoms with Crippen molar-refractivity contribution in [2.75, 3.05) is 11.9 Å². The molecule has 1 amide bonds. The van der Waals surface area contributed by atoms with Crippen molar-refractivity contribution in [2.45, 2.75) is 51.4 Å². The van der Waals surface area contributed by atoms with Gasteiger partial charge in [0.05, 0.1) is 29.7 Å². The van der Waals surface area contributed by atoms with Crippen LogP contribution in [0.15, 0.2) is 67.1 Å².